The van der Waals surface area contributed by atoms with Gasteiger partial charge >= 0.3 is 0 Å². The monoisotopic (exact) mass is 264 g/mol. The van der Waals surface area contributed by atoms with Gasteiger partial charge in [0.1, 0.15) is 4.83 Å². The van der Waals surface area contributed by atoms with E-state index in [-0.39, 0.29) is 10.6 Å². The average Bonchev–Trinajstić information content (AvgIpc) is 2.82. The van der Waals surface area contributed by atoms with Gasteiger partial charge in [-0.15, -0.1) is 0 Å². The lowest BCUT2D eigenvalue weighted by Gasteiger charge is -2.06. The van der Waals surface area contributed by atoms with Crippen molar-refractivity contribution in [1.29, 1.82) is 0 Å². The van der Waals surface area contributed by atoms with Crippen molar-refractivity contribution in [2.45, 2.75) is 4.83 Å². The fourth-order valence-corrected chi connectivity index (χ4v) is 1.85. The highest BCUT2D eigenvalue weighted by Gasteiger charge is 2.20. The normalized spacial score (nSPS) is 12.3. The van der Waals surface area contributed by atoms with Crippen LogP contribution in [0.2, 0.25) is 0 Å². The third kappa shape index (κ3) is 2.18. The van der Waals surface area contributed by atoms with Crippen molar-refractivity contribution in [2.24, 2.45) is 0 Å². The van der Waals surface area contributed by atoms with Crippen LogP contribution in [-0.4, -0.2) is 5.78 Å². The number of alkyl halides is 1. The van der Waals surface area contributed by atoms with E-state index < -0.39 is 0 Å². The van der Waals surface area contributed by atoms with Gasteiger partial charge in [0.2, 0.25) is 5.78 Å². The van der Waals surface area contributed by atoms with E-state index >= 15 is 0 Å². The first-order valence-corrected chi connectivity index (χ1v) is 5.47. The van der Waals surface area contributed by atoms with Crippen LogP contribution in [0.3, 0.4) is 0 Å². The van der Waals surface area contributed by atoms with Crippen molar-refractivity contribution in [3.8, 4) is 0 Å². The molecule has 0 amide bonds. The molecule has 0 aliphatic carbocycles. The molecule has 2 rings (SSSR count). The number of carbonyl (C=O) groups excluding carboxylic acids is 1. The van der Waals surface area contributed by atoms with Crippen LogP contribution in [0.4, 0.5) is 0 Å². The summed E-state index contributed by atoms with van der Waals surface area (Å²) in [7, 11) is 0. The number of carbonyl (C=O) groups is 1. The Labute approximate surface area is 96.0 Å². The summed E-state index contributed by atoms with van der Waals surface area (Å²) >= 11 is 3.36. The third-order valence-corrected chi connectivity index (χ3v) is 3.03. The standard InChI is InChI=1S/C12H9BrO2/c13-11(9-5-2-1-3-6-9)12(14)10-7-4-8-15-10/h1-8,11H. The number of ketones is 1. The Hall–Kier alpha value is -1.35. The highest BCUT2D eigenvalue weighted by atomic mass is 79.9. The van der Waals surface area contributed by atoms with Gasteiger partial charge in [-0.3, -0.25) is 4.79 Å². The van der Waals surface area contributed by atoms with Crippen LogP contribution in [0, 0.1) is 0 Å². The van der Waals surface area contributed by atoms with Gasteiger partial charge in [-0.05, 0) is 17.7 Å². The maximum atomic E-state index is 11.9. The summed E-state index contributed by atoms with van der Waals surface area (Å²) in [5, 5.41) is 0. The van der Waals surface area contributed by atoms with Crippen molar-refractivity contribution in [3.63, 3.8) is 0 Å². The lowest BCUT2D eigenvalue weighted by Crippen LogP contribution is -2.05. The largest absolute Gasteiger partial charge is 0.461 e. The first-order chi connectivity index (χ1) is 7.29. The van der Waals surface area contributed by atoms with Gasteiger partial charge in [-0.1, -0.05) is 46.3 Å². The van der Waals surface area contributed by atoms with Gasteiger partial charge in [0.05, 0.1) is 6.26 Å². The van der Waals surface area contributed by atoms with Crippen molar-refractivity contribution in [2.75, 3.05) is 0 Å². The minimum absolute atomic E-state index is 0.0637. The second-order valence-electron chi connectivity index (χ2n) is 3.11. The SMILES string of the molecule is O=C(c1ccco1)C(Br)c1ccccc1. The molecule has 0 fully saturated rings. The second-order valence-corrected chi connectivity index (χ2v) is 4.03. The molecule has 1 atom stereocenters. The summed E-state index contributed by atoms with van der Waals surface area (Å²) in [5.41, 5.74) is 0.930. The molecule has 2 aromatic rings. The molecule has 0 saturated carbocycles. The quantitative estimate of drug-likeness (QED) is 0.627. The zero-order valence-corrected chi connectivity index (χ0v) is 9.48. The van der Waals surface area contributed by atoms with Gasteiger partial charge in [0, 0.05) is 0 Å². The first-order valence-electron chi connectivity index (χ1n) is 4.56. The molecule has 15 heavy (non-hydrogen) atoms. The van der Waals surface area contributed by atoms with E-state index in [2.05, 4.69) is 15.9 Å². The van der Waals surface area contributed by atoms with E-state index in [1.807, 2.05) is 30.3 Å². The lowest BCUT2D eigenvalue weighted by atomic mass is 10.1. The fourth-order valence-electron chi connectivity index (χ4n) is 1.32. The highest BCUT2D eigenvalue weighted by Crippen LogP contribution is 2.26. The van der Waals surface area contributed by atoms with Crippen LogP contribution in [0.1, 0.15) is 20.9 Å². The zero-order chi connectivity index (χ0) is 10.7. The Bertz CT molecular complexity index is 434. The Kier molecular flexibility index (Phi) is 3.02. The van der Waals surface area contributed by atoms with E-state index in [0.717, 1.165) is 5.56 Å². The van der Waals surface area contributed by atoms with Crippen molar-refractivity contribution in [3.05, 3.63) is 60.1 Å². The molecule has 0 radical (unpaired) electrons. The number of halogens is 1. The predicted octanol–water partition coefficient (Wildman–Crippen LogP) is 3.60. The van der Waals surface area contributed by atoms with E-state index in [4.69, 9.17) is 4.42 Å². The minimum atomic E-state index is -0.343. The van der Waals surface area contributed by atoms with Crippen LogP contribution in [0.15, 0.2) is 53.1 Å². The van der Waals surface area contributed by atoms with Crippen LogP contribution in [0.25, 0.3) is 0 Å². The molecule has 0 saturated heterocycles. The number of hydrogen-bond donors (Lipinski definition) is 0. The summed E-state index contributed by atoms with van der Waals surface area (Å²) < 4.78 is 5.06. The third-order valence-electron chi connectivity index (χ3n) is 2.09. The Morgan fingerprint density at radius 3 is 2.47 bits per heavy atom. The predicted molar refractivity (Wildman–Crippen MR) is 61.1 cm³/mol. The molecule has 1 unspecified atom stereocenters. The highest BCUT2D eigenvalue weighted by molar-refractivity contribution is 9.09. The van der Waals surface area contributed by atoms with Crippen LogP contribution >= 0.6 is 15.9 Å². The zero-order valence-electron chi connectivity index (χ0n) is 7.89. The van der Waals surface area contributed by atoms with E-state index in [9.17, 15) is 4.79 Å². The second kappa shape index (κ2) is 4.45. The van der Waals surface area contributed by atoms with E-state index in [1.165, 1.54) is 6.26 Å². The molecule has 0 bridgehead atoms. The number of benzene rings is 1. The van der Waals surface area contributed by atoms with Gasteiger partial charge in [0.25, 0.3) is 0 Å². The maximum Gasteiger partial charge on any atom is 0.215 e. The molecule has 0 N–H and O–H groups in total. The van der Waals surface area contributed by atoms with Crippen molar-refractivity contribution in [1.82, 2.24) is 0 Å². The topological polar surface area (TPSA) is 30.2 Å². The lowest BCUT2D eigenvalue weighted by molar-refractivity contribution is 0.0965. The van der Waals surface area contributed by atoms with Gasteiger partial charge in [-0.2, -0.15) is 0 Å². The summed E-state index contributed by atoms with van der Waals surface area (Å²) in [5.74, 6) is 0.312. The number of furan rings is 1. The van der Waals surface area contributed by atoms with Crippen molar-refractivity contribution >= 4 is 21.7 Å². The molecule has 0 spiro atoms. The molecular formula is C12H9BrO2. The molecule has 76 valence electrons. The minimum Gasteiger partial charge on any atom is -0.461 e. The molecule has 1 aromatic carbocycles. The van der Waals surface area contributed by atoms with Crippen molar-refractivity contribution < 1.29 is 9.21 Å². The maximum absolute atomic E-state index is 11.9. The van der Waals surface area contributed by atoms with Gasteiger partial charge < -0.3 is 4.42 Å². The molecule has 0 aliphatic rings. The number of hydrogen-bond acceptors (Lipinski definition) is 2. The van der Waals surface area contributed by atoms with Gasteiger partial charge in [0.15, 0.2) is 5.76 Å². The van der Waals surface area contributed by atoms with E-state index in [1.54, 1.807) is 12.1 Å². The summed E-state index contributed by atoms with van der Waals surface area (Å²) in [6, 6.07) is 12.9. The summed E-state index contributed by atoms with van der Waals surface area (Å²) in [6.07, 6.45) is 1.50. The summed E-state index contributed by atoms with van der Waals surface area (Å²) in [6.45, 7) is 0. The van der Waals surface area contributed by atoms with Crippen LogP contribution in [0.5, 0.6) is 0 Å². The van der Waals surface area contributed by atoms with Gasteiger partial charge in [-0.25, -0.2) is 0 Å². The Morgan fingerprint density at radius 1 is 1.13 bits per heavy atom. The smallest absolute Gasteiger partial charge is 0.215 e. The molecule has 1 heterocycles. The number of Topliss-reactive ketones (excluding diaryl/α,β-unsaturated/α-hetero) is 1. The molecule has 1 aromatic heterocycles. The molecule has 2 nitrogen and oxygen atoms in total. The summed E-state index contributed by atoms with van der Waals surface area (Å²) in [4.78, 5) is 11.5. The Balaban J connectivity index is 2.23. The molecule has 0 aliphatic heterocycles. The first kappa shape index (κ1) is 10.2. The molecule has 3 heteroatoms. The van der Waals surface area contributed by atoms with E-state index in [0.29, 0.717) is 5.76 Å². The van der Waals surface area contributed by atoms with Crippen LogP contribution in [-0.2, 0) is 0 Å². The average molecular weight is 265 g/mol. The Morgan fingerprint density at radius 2 is 1.87 bits per heavy atom. The fraction of sp³-hybridized carbons (Fsp3) is 0.0833. The number of rotatable bonds is 3. The van der Waals surface area contributed by atoms with Crippen LogP contribution < -0.4 is 0 Å². The molecular weight excluding hydrogens is 256 g/mol.